The van der Waals surface area contributed by atoms with E-state index in [1.54, 1.807) is 12.4 Å². The van der Waals surface area contributed by atoms with Crippen LogP contribution in [0, 0.1) is 0 Å². The summed E-state index contributed by atoms with van der Waals surface area (Å²) in [6.07, 6.45) is 3.78. The second kappa shape index (κ2) is 7.29. The van der Waals surface area contributed by atoms with Crippen LogP contribution >= 0.6 is 12.4 Å². The SMILES string of the molecule is Cl.NCCC(=O)NCc1ccncc1. The third-order valence-corrected chi connectivity index (χ3v) is 1.61. The molecule has 0 aliphatic rings. The number of nitrogens with two attached hydrogens (primary N) is 1. The van der Waals surface area contributed by atoms with E-state index < -0.39 is 0 Å². The van der Waals surface area contributed by atoms with Gasteiger partial charge < -0.3 is 11.1 Å². The molecule has 3 N–H and O–H groups in total. The fourth-order valence-corrected chi connectivity index (χ4v) is 0.921. The number of pyridine rings is 1. The average Bonchev–Trinajstić information content (AvgIpc) is 2.17. The Bertz CT molecular complexity index is 266. The number of aromatic nitrogens is 1. The standard InChI is InChI=1S/C9H13N3O.ClH/c10-4-1-9(13)12-7-8-2-5-11-6-3-8;/h2-3,5-6H,1,4,7,10H2,(H,12,13);1H. The summed E-state index contributed by atoms with van der Waals surface area (Å²) in [5.41, 5.74) is 6.27. The zero-order valence-corrected chi connectivity index (χ0v) is 8.59. The molecule has 0 bridgehead atoms. The van der Waals surface area contributed by atoms with Crippen LogP contribution in [0.25, 0.3) is 0 Å². The molecule has 0 fully saturated rings. The van der Waals surface area contributed by atoms with Gasteiger partial charge in [-0.1, -0.05) is 0 Å². The number of nitrogens with one attached hydrogen (secondary N) is 1. The molecule has 14 heavy (non-hydrogen) atoms. The van der Waals surface area contributed by atoms with E-state index in [0.717, 1.165) is 5.56 Å². The van der Waals surface area contributed by atoms with Crippen LogP contribution in [-0.2, 0) is 11.3 Å². The molecule has 0 saturated carbocycles. The molecule has 1 heterocycles. The van der Waals surface area contributed by atoms with Crippen molar-refractivity contribution in [3.63, 3.8) is 0 Å². The summed E-state index contributed by atoms with van der Waals surface area (Å²) in [5, 5.41) is 2.75. The van der Waals surface area contributed by atoms with Crippen LogP contribution in [0.4, 0.5) is 0 Å². The Morgan fingerprint density at radius 1 is 1.43 bits per heavy atom. The topological polar surface area (TPSA) is 68.0 Å². The molecular formula is C9H14ClN3O. The maximum atomic E-state index is 11.0. The predicted molar refractivity (Wildman–Crippen MR) is 57.0 cm³/mol. The van der Waals surface area contributed by atoms with E-state index in [4.69, 9.17) is 5.73 Å². The minimum Gasteiger partial charge on any atom is -0.352 e. The zero-order valence-electron chi connectivity index (χ0n) is 7.77. The quantitative estimate of drug-likeness (QED) is 0.767. The smallest absolute Gasteiger partial charge is 0.221 e. The maximum Gasteiger partial charge on any atom is 0.221 e. The van der Waals surface area contributed by atoms with Gasteiger partial charge in [0.2, 0.25) is 5.91 Å². The number of halogens is 1. The van der Waals surface area contributed by atoms with E-state index in [1.165, 1.54) is 0 Å². The minimum absolute atomic E-state index is 0. The van der Waals surface area contributed by atoms with Gasteiger partial charge in [0.1, 0.15) is 0 Å². The second-order valence-electron chi connectivity index (χ2n) is 2.67. The first kappa shape index (κ1) is 12.9. The lowest BCUT2D eigenvalue weighted by atomic mass is 10.2. The van der Waals surface area contributed by atoms with Crippen LogP contribution in [0.2, 0.25) is 0 Å². The summed E-state index contributed by atoms with van der Waals surface area (Å²) in [6, 6.07) is 3.73. The Balaban J connectivity index is 0.00000169. The lowest BCUT2D eigenvalue weighted by molar-refractivity contribution is -0.121. The van der Waals surface area contributed by atoms with Crippen molar-refractivity contribution >= 4 is 18.3 Å². The Kier molecular flexibility index (Phi) is 6.70. The van der Waals surface area contributed by atoms with E-state index in [1.807, 2.05) is 12.1 Å². The highest BCUT2D eigenvalue weighted by molar-refractivity contribution is 5.85. The molecule has 0 aliphatic heterocycles. The molecule has 5 heteroatoms. The molecule has 1 amide bonds. The van der Waals surface area contributed by atoms with Crippen molar-refractivity contribution in [3.8, 4) is 0 Å². The lowest BCUT2D eigenvalue weighted by Crippen LogP contribution is -2.24. The van der Waals surface area contributed by atoms with Gasteiger partial charge in [0.05, 0.1) is 0 Å². The Labute approximate surface area is 89.3 Å². The second-order valence-corrected chi connectivity index (χ2v) is 2.67. The Hall–Kier alpha value is -1.13. The van der Waals surface area contributed by atoms with Gasteiger partial charge in [0, 0.05) is 31.9 Å². The summed E-state index contributed by atoms with van der Waals surface area (Å²) in [6.45, 7) is 0.934. The molecule has 0 atom stereocenters. The largest absolute Gasteiger partial charge is 0.352 e. The number of amides is 1. The molecule has 1 aromatic heterocycles. The van der Waals surface area contributed by atoms with E-state index >= 15 is 0 Å². The van der Waals surface area contributed by atoms with Gasteiger partial charge in [-0.05, 0) is 17.7 Å². The van der Waals surface area contributed by atoms with Gasteiger partial charge in [-0.2, -0.15) is 0 Å². The zero-order chi connectivity index (χ0) is 9.52. The molecule has 1 aromatic rings. The molecule has 0 radical (unpaired) electrons. The number of nitrogens with zero attached hydrogens (tertiary/aromatic N) is 1. The highest BCUT2D eigenvalue weighted by Crippen LogP contribution is 1.94. The maximum absolute atomic E-state index is 11.0. The predicted octanol–water partition coefficient (Wildman–Crippen LogP) is 0.468. The highest BCUT2D eigenvalue weighted by Gasteiger charge is 1.98. The number of hydrogen-bond acceptors (Lipinski definition) is 3. The van der Waals surface area contributed by atoms with Crippen LogP contribution < -0.4 is 11.1 Å². The van der Waals surface area contributed by atoms with Gasteiger partial charge in [-0.25, -0.2) is 0 Å². The summed E-state index contributed by atoms with van der Waals surface area (Å²) in [4.78, 5) is 14.9. The molecular weight excluding hydrogens is 202 g/mol. The minimum atomic E-state index is -0.0145. The monoisotopic (exact) mass is 215 g/mol. The van der Waals surface area contributed by atoms with Crippen LogP contribution in [0.15, 0.2) is 24.5 Å². The van der Waals surface area contributed by atoms with Gasteiger partial charge >= 0.3 is 0 Å². The molecule has 4 nitrogen and oxygen atoms in total. The molecule has 1 rings (SSSR count). The van der Waals surface area contributed by atoms with Gasteiger partial charge in [0.25, 0.3) is 0 Å². The van der Waals surface area contributed by atoms with E-state index in [0.29, 0.717) is 19.5 Å². The molecule has 78 valence electrons. The van der Waals surface area contributed by atoms with Gasteiger partial charge in [0.15, 0.2) is 0 Å². The fourth-order valence-electron chi connectivity index (χ4n) is 0.921. The van der Waals surface area contributed by atoms with Crippen LogP contribution in [0.5, 0.6) is 0 Å². The van der Waals surface area contributed by atoms with Gasteiger partial charge in [-0.15, -0.1) is 12.4 Å². The van der Waals surface area contributed by atoms with Crippen LogP contribution in [0.3, 0.4) is 0 Å². The first-order valence-corrected chi connectivity index (χ1v) is 4.18. The first-order valence-electron chi connectivity index (χ1n) is 4.18. The normalized spacial score (nSPS) is 8.93. The van der Waals surface area contributed by atoms with Gasteiger partial charge in [-0.3, -0.25) is 9.78 Å². The summed E-state index contributed by atoms with van der Waals surface area (Å²) in [7, 11) is 0. The average molecular weight is 216 g/mol. The van der Waals surface area contributed by atoms with Crippen molar-refractivity contribution in [1.29, 1.82) is 0 Å². The van der Waals surface area contributed by atoms with Crippen molar-refractivity contribution in [2.75, 3.05) is 6.54 Å². The van der Waals surface area contributed by atoms with E-state index in [-0.39, 0.29) is 18.3 Å². The third kappa shape index (κ3) is 4.79. The van der Waals surface area contributed by atoms with E-state index in [2.05, 4.69) is 10.3 Å². The molecule has 0 unspecified atom stereocenters. The van der Waals surface area contributed by atoms with Crippen molar-refractivity contribution in [1.82, 2.24) is 10.3 Å². The van der Waals surface area contributed by atoms with E-state index in [9.17, 15) is 4.79 Å². The fraction of sp³-hybridized carbons (Fsp3) is 0.333. The summed E-state index contributed by atoms with van der Waals surface area (Å²) >= 11 is 0. The molecule has 0 aliphatic carbocycles. The van der Waals surface area contributed by atoms with Crippen LogP contribution in [-0.4, -0.2) is 17.4 Å². The van der Waals surface area contributed by atoms with Crippen molar-refractivity contribution < 1.29 is 4.79 Å². The highest BCUT2D eigenvalue weighted by atomic mass is 35.5. The number of rotatable bonds is 4. The molecule has 0 saturated heterocycles. The summed E-state index contributed by atoms with van der Waals surface area (Å²) < 4.78 is 0. The third-order valence-electron chi connectivity index (χ3n) is 1.61. The molecule has 0 aromatic carbocycles. The first-order chi connectivity index (χ1) is 6.33. The number of hydrogen-bond donors (Lipinski definition) is 2. The van der Waals surface area contributed by atoms with Crippen molar-refractivity contribution in [3.05, 3.63) is 30.1 Å². The summed E-state index contributed by atoms with van der Waals surface area (Å²) in [5.74, 6) is -0.0145. The number of carbonyl (C=O) groups is 1. The Morgan fingerprint density at radius 2 is 2.07 bits per heavy atom. The van der Waals surface area contributed by atoms with Crippen LogP contribution in [0.1, 0.15) is 12.0 Å². The van der Waals surface area contributed by atoms with Crippen molar-refractivity contribution in [2.45, 2.75) is 13.0 Å². The van der Waals surface area contributed by atoms with Crippen molar-refractivity contribution in [2.24, 2.45) is 5.73 Å². The lowest BCUT2D eigenvalue weighted by Gasteiger charge is -2.03. The molecule has 0 spiro atoms. The number of carbonyl (C=O) groups excluding carboxylic acids is 1. The Morgan fingerprint density at radius 3 is 2.64 bits per heavy atom.